The third kappa shape index (κ3) is 3.96. The van der Waals surface area contributed by atoms with Crippen molar-refractivity contribution >= 4 is 27.3 Å². The highest BCUT2D eigenvalue weighted by atomic mass is 32.2. The van der Waals surface area contributed by atoms with Gasteiger partial charge in [0.15, 0.2) is 9.90 Å². The number of nitrogens with zero attached hydrogens (tertiary/aromatic N) is 1. The molecule has 9 heteroatoms. The summed E-state index contributed by atoms with van der Waals surface area (Å²) in [5.74, 6) is -0.776. The minimum atomic E-state index is -3.81. The van der Waals surface area contributed by atoms with Crippen LogP contribution in [0.3, 0.4) is 0 Å². The molecule has 0 radical (unpaired) electrons. The molecule has 0 aromatic carbocycles. The van der Waals surface area contributed by atoms with E-state index in [-0.39, 0.29) is 22.6 Å². The fraction of sp³-hybridized carbons (Fsp3) is 0.600. The number of hydrogen-bond acceptors (Lipinski definition) is 7. The minimum Gasteiger partial charge on any atom is -0.464 e. The predicted molar refractivity (Wildman–Crippen MR) is 69.7 cm³/mol. The smallest absolute Gasteiger partial charge is 0.358 e. The molecule has 1 aromatic rings. The van der Waals surface area contributed by atoms with Crippen LogP contribution in [-0.2, 0) is 19.5 Å². The lowest BCUT2D eigenvalue weighted by Gasteiger charge is -2.15. The molecule has 108 valence electrons. The first-order valence-corrected chi connectivity index (χ1v) is 7.85. The summed E-state index contributed by atoms with van der Waals surface area (Å²) < 4.78 is 36.1. The first-order chi connectivity index (χ1) is 8.96. The van der Waals surface area contributed by atoms with Crippen molar-refractivity contribution < 1.29 is 22.7 Å². The number of hydrogen-bond donors (Lipinski definition) is 1. The molecule has 0 amide bonds. The molecule has 0 aliphatic rings. The lowest BCUT2D eigenvalue weighted by molar-refractivity contribution is 0.0590. The van der Waals surface area contributed by atoms with Gasteiger partial charge in [-0.2, -0.15) is 0 Å². The molecule has 1 rings (SSSR count). The van der Waals surface area contributed by atoms with Crippen molar-refractivity contribution in [1.82, 2.24) is 9.71 Å². The molecular weight excluding hydrogens is 292 g/mol. The lowest BCUT2D eigenvalue weighted by atomic mass is 10.3. The number of ether oxygens (including phenoxy) is 2. The number of thiazole rings is 1. The van der Waals surface area contributed by atoms with Gasteiger partial charge in [-0.1, -0.05) is 6.92 Å². The van der Waals surface area contributed by atoms with Crippen molar-refractivity contribution in [3.8, 4) is 0 Å². The predicted octanol–water partition coefficient (Wildman–Crippen LogP) is 0.633. The Bertz CT molecular complexity index is 526. The summed E-state index contributed by atoms with van der Waals surface area (Å²) in [7, 11) is -1.15. The summed E-state index contributed by atoms with van der Waals surface area (Å²) in [5, 5.41) is 0. The third-order valence-electron chi connectivity index (χ3n) is 2.34. The van der Waals surface area contributed by atoms with Crippen LogP contribution in [0.5, 0.6) is 0 Å². The Hall–Kier alpha value is -1.03. The Morgan fingerprint density at radius 1 is 1.53 bits per heavy atom. The zero-order valence-electron chi connectivity index (χ0n) is 10.9. The van der Waals surface area contributed by atoms with Gasteiger partial charge >= 0.3 is 5.97 Å². The zero-order chi connectivity index (χ0) is 14.5. The number of carbonyl (C=O) groups is 1. The van der Waals surface area contributed by atoms with Crippen molar-refractivity contribution in [2.75, 3.05) is 20.8 Å². The third-order valence-corrected chi connectivity index (χ3v) is 5.23. The Balaban J connectivity index is 3.00. The molecule has 0 fully saturated rings. The summed E-state index contributed by atoms with van der Waals surface area (Å²) in [6.07, 6.45) is 0.569. The van der Waals surface area contributed by atoms with Gasteiger partial charge in [-0.3, -0.25) is 0 Å². The second kappa shape index (κ2) is 6.94. The lowest BCUT2D eigenvalue weighted by Crippen LogP contribution is -2.37. The minimum absolute atomic E-state index is 0.145. The van der Waals surface area contributed by atoms with Gasteiger partial charge in [-0.15, -0.1) is 11.3 Å². The van der Waals surface area contributed by atoms with E-state index in [4.69, 9.17) is 4.74 Å². The summed E-state index contributed by atoms with van der Waals surface area (Å²) in [6, 6.07) is -0.359. The Morgan fingerprint density at radius 2 is 2.21 bits per heavy atom. The molecule has 1 unspecified atom stereocenters. The molecule has 1 heterocycles. The first kappa shape index (κ1) is 16.0. The maximum atomic E-state index is 12.2. The van der Waals surface area contributed by atoms with Crippen molar-refractivity contribution in [2.45, 2.75) is 23.6 Å². The highest BCUT2D eigenvalue weighted by molar-refractivity contribution is 7.91. The quantitative estimate of drug-likeness (QED) is 0.743. The van der Waals surface area contributed by atoms with Gasteiger partial charge in [0, 0.05) is 13.2 Å². The van der Waals surface area contributed by atoms with Crippen LogP contribution < -0.4 is 4.72 Å². The molecule has 0 saturated carbocycles. The van der Waals surface area contributed by atoms with Gasteiger partial charge in [0.2, 0.25) is 0 Å². The highest BCUT2D eigenvalue weighted by Crippen LogP contribution is 2.21. The Morgan fingerprint density at radius 3 is 2.74 bits per heavy atom. The van der Waals surface area contributed by atoms with Crippen LogP contribution in [0.2, 0.25) is 0 Å². The van der Waals surface area contributed by atoms with Gasteiger partial charge in [-0.05, 0) is 6.42 Å². The number of sulfonamides is 1. The SMILES string of the molecule is CCC(COC)NS(=O)(=O)c1scnc1C(=O)OC. The van der Waals surface area contributed by atoms with E-state index in [0.717, 1.165) is 11.3 Å². The largest absolute Gasteiger partial charge is 0.464 e. The van der Waals surface area contributed by atoms with E-state index >= 15 is 0 Å². The standard InChI is InChI=1S/C10H16N2O5S2/c1-4-7(5-16-2)12-19(14,15)10-8(9(13)17-3)11-6-18-10/h6-7,12H,4-5H2,1-3H3. The maximum Gasteiger partial charge on any atom is 0.358 e. The number of carbonyl (C=O) groups excluding carboxylic acids is 1. The summed E-state index contributed by atoms with van der Waals surface area (Å²) in [4.78, 5) is 15.2. The van der Waals surface area contributed by atoms with Crippen LogP contribution in [0, 0.1) is 0 Å². The van der Waals surface area contributed by atoms with Gasteiger partial charge in [0.25, 0.3) is 10.0 Å². The van der Waals surface area contributed by atoms with Crippen molar-refractivity contribution in [3.05, 3.63) is 11.2 Å². The second-order valence-electron chi connectivity index (χ2n) is 3.66. The molecule has 0 aliphatic carbocycles. The number of methoxy groups -OCH3 is 2. The van der Waals surface area contributed by atoms with Crippen LogP contribution in [0.15, 0.2) is 9.72 Å². The number of rotatable bonds is 7. The summed E-state index contributed by atoms with van der Waals surface area (Å²) in [5.41, 5.74) is 1.09. The van der Waals surface area contributed by atoms with E-state index < -0.39 is 16.0 Å². The van der Waals surface area contributed by atoms with Crippen molar-refractivity contribution in [1.29, 1.82) is 0 Å². The monoisotopic (exact) mass is 308 g/mol. The Kier molecular flexibility index (Phi) is 5.85. The van der Waals surface area contributed by atoms with Crippen LogP contribution in [0.1, 0.15) is 23.8 Å². The molecule has 0 aliphatic heterocycles. The van der Waals surface area contributed by atoms with E-state index in [1.807, 2.05) is 6.92 Å². The summed E-state index contributed by atoms with van der Waals surface area (Å²) >= 11 is 0.868. The van der Waals surface area contributed by atoms with E-state index in [2.05, 4.69) is 14.4 Å². The highest BCUT2D eigenvalue weighted by Gasteiger charge is 2.28. The number of nitrogens with one attached hydrogen (secondary N) is 1. The van der Waals surface area contributed by atoms with E-state index in [1.54, 1.807) is 0 Å². The average molecular weight is 308 g/mol. The number of aromatic nitrogens is 1. The molecular formula is C10H16N2O5S2. The first-order valence-electron chi connectivity index (χ1n) is 5.49. The average Bonchev–Trinajstić information content (AvgIpc) is 2.87. The molecule has 1 atom stereocenters. The van der Waals surface area contributed by atoms with Crippen molar-refractivity contribution in [2.24, 2.45) is 0 Å². The van der Waals surface area contributed by atoms with Gasteiger partial charge in [0.1, 0.15) is 0 Å². The Labute approximate surface area is 116 Å². The van der Waals surface area contributed by atoms with Crippen molar-refractivity contribution in [3.63, 3.8) is 0 Å². The zero-order valence-corrected chi connectivity index (χ0v) is 12.5. The fourth-order valence-electron chi connectivity index (χ4n) is 1.37. The second-order valence-corrected chi connectivity index (χ2v) is 6.43. The molecule has 0 bridgehead atoms. The topological polar surface area (TPSA) is 94.6 Å². The molecule has 1 aromatic heterocycles. The van der Waals surface area contributed by atoms with Crippen LogP contribution in [0.4, 0.5) is 0 Å². The van der Waals surface area contributed by atoms with Gasteiger partial charge in [0.05, 0.1) is 19.2 Å². The van der Waals surface area contributed by atoms with Crippen LogP contribution in [0.25, 0.3) is 0 Å². The summed E-state index contributed by atoms with van der Waals surface area (Å²) in [6.45, 7) is 2.09. The van der Waals surface area contributed by atoms with Gasteiger partial charge < -0.3 is 9.47 Å². The number of esters is 1. The van der Waals surface area contributed by atoms with Crippen LogP contribution in [-0.4, -0.2) is 46.2 Å². The van der Waals surface area contributed by atoms with E-state index in [9.17, 15) is 13.2 Å². The maximum absolute atomic E-state index is 12.2. The molecule has 19 heavy (non-hydrogen) atoms. The fourth-order valence-corrected chi connectivity index (χ4v) is 3.82. The molecule has 7 nitrogen and oxygen atoms in total. The van der Waals surface area contributed by atoms with Crippen LogP contribution >= 0.6 is 11.3 Å². The molecule has 0 spiro atoms. The van der Waals surface area contributed by atoms with Gasteiger partial charge in [-0.25, -0.2) is 22.9 Å². The molecule has 1 N–H and O–H groups in total. The van der Waals surface area contributed by atoms with E-state index in [1.165, 1.54) is 19.7 Å². The van der Waals surface area contributed by atoms with E-state index in [0.29, 0.717) is 6.42 Å². The normalized spacial score (nSPS) is 13.2. The molecule has 0 saturated heterocycles.